The molecular formula is C15H21N5. The molecule has 1 aliphatic rings. The molecule has 1 aliphatic heterocycles. The maximum Gasteiger partial charge on any atom is 0.158 e. The van der Waals surface area contributed by atoms with Crippen LogP contribution in [-0.2, 0) is 0 Å². The summed E-state index contributed by atoms with van der Waals surface area (Å²) < 4.78 is 0. The molecule has 1 aromatic heterocycles. The van der Waals surface area contributed by atoms with Gasteiger partial charge in [0.1, 0.15) is 0 Å². The van der Waals surface area contributed by atoms with Crippen LogP contribution in [0.3, 0.4) is 0 Å². The zero-order valence-corrected chi connectivity index (χ0v) is 11.9. The number of aromatic nitrogens is 2. The van der Waals surface area contributed by atoms with Gasteiger partial charge in [-0.25, -0.2) is 0 Å². The van der Waals surface area contributed by atoms with Crippen molar-refractivity contribution in [3.8, 4) is 0 Å². The second kappa shape index (κ2) is 6.15. The van der Waals surface area contributed by atoms with Gasteiger partial charge in [0.25, 0.3) is 0 Å². The molecule has 1 aromatic carbocycles. The van der Waals surface area contributed by atoms with Gasteiger partial charge in [-0.1, -0.05) is 24.3 Å². The summed E-state index contributed by atoms with van der Waals surface area (Å²) in [7, 11) is 2.10. The fourth-order valence-electron chi connectivity index (χ4n) is 2.63. The summed E-state index contributed by atoms with van der Waals surface area (Å²) in [6.45, 7) is 6.51. The van der Waals surface area contributed by atoms with Crippen LogP contribution >= 0.6 is 0 Å². The van der Waals surface area contributed by atoms with Gasteiger partial charge in [0.15, 0.2) is 5.82 Å². The number of rotatable bonds is 4. The molecular weight excluding hydrogens is 250 g/mol. The summed E-state index contributed by atoms with van der Waals surface area (Å²) in [4.78, 5) is 4.70. The first-order valence-electron chi connectivity index (χ1n) is 7.19. The van der Waals surface area contributed by atoms with E-state index in [2.05, 4.69) is 50.6 Å². The first-order chi connectivity index (χ1) is 9.84. The van der Waals surface area contributed by atoms with Crippen LogP contribution < -0.4 is 10.2 Å². The molecule has 1 saturated heterocycles. The molecule has 2 aromatic rings. The average Bonchev–Trinajstić information content (AvgIpc) is 2.53. The predicted molar refractivity (Wildman–Crippen MR) is 82.1 cm³/mol. The van der Waals surface area contributed by atoms with E-state index >= 15 is 0 Å². The summed E-state index contributed by atoms with van der Waals surface area (Å²) in [6, 6.07) is 8.28. The Morgan fingerprint density at radius 3 is 2.90 bits per heavy atom. The molecule has 1 N–H and O–H groups in total. The second-order valence-electron chi connectivity index (χ2n) is 5.27. The van der Waals surface area contributed by atoms with Crippen LogP contribution in [0.5, 0.6) is 0 Å². The van der Waals surface area contributed by atoms with Gasteiger partial charge < -0.3 is 10.2 Å². The van der Waals surface area contributed by atoms with Crippen LogP contribution in [0, 0.1) is 0 Å². The molecule has 0 atom stereocenters. The monoisotopic (exact) mass is 271 g/mol. The van der Waals surface area contributed by atoms with Crippen molar-refractivity contribution in [3.63, 3.8) is 0 Å². The Kier molecular flexibility index (Phi) is 4.08. The second-order valence-corrected chi connectivity index (χ2v) is 5.27. The van der Waals surface area contributed by atoms with E-state index in [4.69, 9.17) is 0 Å². The molecule has 5 heteroatoms. The molecule has 0 spiro atoms. The number of likely N-dealkylation sites (N-methyl/N-ethyl adjacent to an activating group) is 1. The lowest BCUT2D eigenvalue weighted by molar-refractivity contribution is 0.246. The predicted octanol–water partition coefficient (Wildman–Crippen LogP) is 0.971. The van der Waals surface area contributed by atoms with E-state index in [1.165, 1.54) is 5.39 Å². The van der Waals surface area contributed by atoms with Crippen molar-refractivity contribution < 1.29 is 0 Å². The van der Waals surface area contributed by atoms with E-state index in [1.54, 1.807) is 0 Å². The number of benzene rings is 1. The third-order valence-corrected chi connectivity index (χ3v) is 3.87. The van der Waals surface area contributed by atoms with Crippen LogP contribution in [0.15, 0.2) is 30.5 Å². The zero-order valence-electron chi connectivity index (χ0n) is 11.9. The molecule has 5 nitrogen and oxygen atoms in total. The smallest absolute Gasteiger partial charge is 0.158 e. The number of nitrogens with zero attached hydrogens (tertiary/aromatic N) is 4. The first kappa shape index (κ1) is 13.3. The van der Waals surface area contributed by atoms with Crippen molar-refractivity contribution in [3.05, 3.63) is 30.5 Å². The van der Waals surface area contributed by atoms with E-state index < -0.39 is 0 Å². The number of fused-ring (bicyclic) bond motifs is 1. The Labute approximate surface area is 119 Å². The van der Waals surface area contributed by atoms with Gasteiger partial charge in [-0.3, -0.25) is 4.90 Å². The van der Waals surface area contributed by atoms with E-state index in [9.17, 15) is 0 Å². The first-order valence-corrected chi connectivity index (χ1v) is 7.19. The third kappa shape index (κ3) is 2.89. The molecule has 0 unspecified atom stereocenters. The number of nitrogens with one attached hydrogen (secondary N) is 1. The van der Waals surface area contributed by atoms with E-state index in [-0.39, 0.29) is 0 Å². The maximum absolute atomic E-state index is 4.32. The summed E-state index contributed by atoms with van der Waals surface area (Å²) >= 11 is 0. The van der Waals surface area contributed by atoms with Crippen molar-refractivity contribution in [2.45, 2.75) is 0 Å². The van der Waals surface area contributed by atoms with E-state index in [0.29, 0.717) is 0 Å². The molecule has 1 fully saturated rings. The van der Waals surface area contributed by atoms with Crippen molar-refractivity contribution in [2.75, 3.05) is 51.2 Å². The highest BCUT2D eigenvalue weighted by Gasteiger charge is 2.12. The molecule has 0 bridgehead atoms. The van der Waals surface area contributed by atoms with Crippen LogP contribution in [0.25, 0.3) is 10.8 Å². The molecule has 0 aliphatic carbocycles. The Bertz CT molecular complexity index is 560. The van der Waals surface area contributed by atoms with Gasteiger partial charge in [0.2, 0.25) is 0 Å². The number of piperazine rings is 1. The molecule has 0 radical (unpaired) electrons. The molecule has 0 saturated carbocycles. The van der Waals surface area contributed by atoms with Gasteiger partial charge in [0.05, 0.1) is 6.20 Å². The lowest BCUT2D eigenvalue weighted by Crippen LogP contribution is -2.46. The van der Waals surface area contributed by atoms with Crippen molar-refractivity contribution in [1.29, 1.82) is 0 Å². The van der Waals surface area contributed by atoms with Gasteiger partial charge in [-0.05, 0) is 0 Å². The largest absolute Gasteiger partial charge is 0.356 e. The minimum atomic E-state index is 0.971. The highest BCUT2D eigenvalue weighted by Crippen LogP contribution is 2.21. The fourth-order valence-corrected chi connectivity index (χ4v) is 2.63. The Balaban J connectivity index is 1.70. The quantitative estimate of drug-likeness (QED) is 0.898. The van der Waals surface area contributed by atoms with Crippen LogP contribution in [-0.4, -0.2) is 61.4 Å². The minimum Gasteiger partial charge on any atom is -0.356 e. The van der Waals surface area contributed by atoms with Crippen molar-refractivity contribution in [2.24, 2.45) is 0 Å². The zero-order chi connectivity index (χ0) is 13.8. The van der Waals surface area contributed by atoms with Crippen LogP contribution in [0.2, 0.25) is 0 Å². The highest BCUT2D eigenvalue weighted by molar-refractivity contribution is 5.91. The number of hydrogen-bond donors (Lipinski definition) is 1. The topological polar surface area (TPSA) is 44.3 Å². The van der Waals surface area contributed by atoms with Crippen LogP contribution in [0.4, 0.5) is 5.82 Å². The lowest BCUT2D eigenvalue weighted by Gasteiger charge is -2.29. The minimum absolute atomic E-state index is 0.971. The number of anilines is 1. The number of hydrogen-bond acceptors (Lipinski definition) is 5. The normalized spacial score (nSPS) is 16.4. The van der Waals surface area contributed by atoms with Gasteiger partial charge in [0, 0.05) is 57.1 Å². The van der Waals surface area contributed by atoms with Crippen molar-refractivity contribution in [1.82, 2.24) is 20.4 Å². The van der Waals surface area contributed by atoms with Gasteiger partial charge >= 0.3 is 0 Å². The van der Waals surface area contributed by atoms with E-state index in [0.717, 1.165) is 50.5 Å². The summed E-state index contributed by atoms with van der Waals surface area (Å²) in [5, 5.41) is 14.1. The molecule has 20 heavy (non-hydrogen) atoms. The Hall–Kier alpha value is -1.72. The highest BCUT2D eigenvalue weighted by atomic mass is 15.3. The summed E-state index contributed by atoms with van der Waals surface area (Å²) in [5.74, 6) is 0.971. The molecule has 0 amide bonds. The van der Waals surface area contributed by atoms with Crippen LogP contribution in [0.1, 0.15) is 0 Å². The van der Waals surface area contributed by atoms with E-state index in [1.807, 2.05) is 12.3 Å². The molecule has 3 rings (SSSR count). The van der Waals surface area contributed by atoms with Crippen molar-refractivity contribution >= 4 is 16.6 Å². The average molecular weight is 271 g/mol. The Morgan fingerprint density at radius 1 is 1.25 bits per heavy atom. The maximum atomic E-state index is 4.32. The lowest BCUT2D eigenvalue weighted by atomic mass is 10.2. The SMILES string of the molecule is CN(CCN1CCNCC1)c1nncc2ccccc12. The third-order valence-electron chi connectivity index (χ3n) is 3.87. The standard InChI is InChI=1S/C15H21N5/c1-19(10-11-20-8-6-16-7-9-20)15-14-5-3-2-4-13(14)12-17-18-15/h2-5,12,16H,6-11H2,1H3. The van der Waals surface area contributed by atoms with Gasteiger partial charge in [-0.2, -0.15) is 5.10 Å². The summed E-state index contributed by atoms with van der Waals surface area (Å²) in [5.41, 5.74) is 0. The summed E-state index contributed by atoms with van der Waals surface area (Å²) in [6.07, 6.45) is 1.82. The van der Waals surface area contributed by atoms with Gasteiger partial charge in [-0.15, -0.1) is 5.10 Å². The fraction of sp³-hybridized carbons (Fsp3) is 0.467. The molecule has 106 valence electrons. The molecule has 2 heterocycles. The Morgan fingerprint density at radius 2 is 2.05 bits per heavy atom.